The number of nitrogens with one attached hydrogen (secondary N) is 3. The first-order chi connectivity index (χ1) is 16.5. The number of rotatable bonds is 10. The third kappa shape index (κ3) is 7.87. The molecule has 3 aromatic rings. The molecule has 0 aliphatic heterocycles. The Hall–Kier alpha value is -2.86. The first-order valence-electron chi connectivity index (χ1n) is 11.3. The van der Waals surface area contributed by atoms with E-state index < -0.39 is 0 Å². The Morgan fingerprint density at radius 2 is 1.74 bits per heavy atom. The van der Waals surface area contributed by atoms with Crippen LogP contribution >= 0.6 is 23.2 Å². The molecular formula is C27H30Cl2N4O. The van der Waals surface area contributed by atoms with Crippen LogP contribution in [0.1, 0.15) is 30.4 Å². The summed E-state index contributed by atoms with van der Waals surface area (Å²) in [5.41, 5.74) is 5.09. The summed E-state index contributed by atoms with van der Waals surface area (Å²) in [4.78, 5) is 16.6. The van der Waals surface area contributed by atoms with Crippen LogP contribution in [-0.2, 0) is 0 Å². The first-order valence-corrected chi connectivity index (χ1v) is 12.1. The van der Waals surface area contributed by atoms with Crippen LogP contribution in [0.4, 0.5) is 10.5 Å². The molecule has 1 unspecified atom stereocenters. The topological polar surface area (TPSA) is 65.5 Å². The van der Waals surface area contributed by atoms with Gasteiger partial charge in [-0.1, -0.05) is 72.6 Å². The highest BCUT2D eigenvalue weighted by atomic mass is 35.5. The Bertz CT molecular complexity index is 1100. The number of benzene rings is 3. The average Bonchev–Trinajstić information content (AvgIpc) is 2.81. The van der Waals surface area contributed by atoms with E-state index in [2.05, 4.69) is 64.3 Å². The van der Waals surface area contributed by atoms with Crippen molar-refractivity contribution in [2.24, 2.45) is 4.99 Å². The van der Waals surface area contributed by atoms with Crippen LogP contribution in [0, 0.1) is 0 Å². The van der Waals surface area contributed by atoms with Crippen LogP contribution in [-0.4, -0.2) is 38.9 Å². The molecule has 2 amide bonds. The molecule has 34 heavy (non-hydrogen) atoms. The van der Waals surface area contributed by atoms with Gasteiger partial charge in [-0.2, -0.15) is 0 Å². The molecule has 0 aliphatic rings. The van der Waals surface area contributed by atoms with Crippen LogP contribution in [0.15, 0.2) is 71.7 Å². The molecule has 0 heterocycles. The predicted octanol–water partition coefficient (Wildman–Crippen LogP) is 6.61. The Labute approximate surface area is 211 Å². The molecule has 7 heteroatoms. The Morgan fingerprint density at radius 1 is 1.00 bits per heavy atom. The van der Waals surface area contributed by atoms with Crippen LogP contribution in [0.3, 0.4) is 0 Å². The van der Waals surface area contributed by atoms with Crippen LogP contribution in [0.5, 0.6) is 0 Å². The normalized spacial score (nSPS) is 12.0. The number of hydrogen-bond donors (Lipinski definition) is 3. The fourth-order valence-electron chi connectivity index (χ4n) is 3.75. The number of urea groups is 1. The third-order valence-electron chi connectivity index (χ3n) is 5.43. The quantitative estimate of drug-likeness (QED) is 0.218. The summed E-state index contributed by atoms with van der Waals surface area (Å²) in [5.74, 6) is 0.167. The highest BCUT2D eigenvalue weighted by Crippen LogP contribution is 2.25. The van der Waals surface area contributed by atoms with E-state index in [9.17, 15) is 4.79 Å². The maximum Gasteiger partial charge on any atom is 0.319 e. The Balaban J connectivity index is 1.68. The minimum absolute atomic E-state index is 0.167. The van der Waals surface area contributed by atoms with E-state index in [1.165, 1.54) is 5.56 Å². The number of amides is 2. The molecule has 0 spiro atoms. The lowest BCUT2D eigenvalue weighted by Crippen LogP contribution is -2.33. The van der Waals surface area contributed by atoms with Gasteiger partial charge in [0.25, 0.3) is 0 Å². The fraction of sp³-hybridized carbons (Fsp3) is 0.259. The summed E-state index contributed by atoms with van der Waals surface area (Å²) >= 11 is 12.0. The predicted molar refractivity (Wildman–Crippen MR) is 145 cm³/mol. The van der Waals surface area contributed by atoms with Gasteiger partial charge in [-0.25, -0.2) is 4.79 Å². The van der Waals surface area contributed by atoms with E-state index in [0.717, 1.165) is 36.2 Å². The van der Waals surface area contributed by atoms with Crippen molar-refractivity contribution in [3.8, 4) is 11.1 Å². The second kappa shape index (κ2) is 13.1. The highest BCUT2D eigenvalue weighted by molar-refractivity contribution is 6.35. The van der Waals surface area contributed by atoms with Gasteiger partial charge in [-0.15, -0.1) is 0 Å². The van der Waals surface area contributed by atoms with Crippen molar-refractivity contribution in [2.75, 3.05) is 32.0 Å². The van der Waals surface area contributed by atoms with E-state index in [0.29, 0.717) is 22.3 Å². The standard InChI is InChI=1S/C27H30Cl2N4O/c1-3-31-12-11-23(18-32-27(34)33-26-15-24(28)14-25(29)16-26)21-9-7-20(8-10-21)22-6-4-5-19(13-22)17-30-2/h4-10,13-17,23,31H,3,11-12,18H2,1-2H3,(H2,32,33,34). The van der Waals surface area contributed by atoms with E-state index in [-0.39, 0.29) is 11.9 Å². The van der Waals surface area contributed by atoms with E-state index >= 15 is 0 Å². The zero-order valence-corrected chi connectivity index (χ0v) is 21.0. The van der Waals surface area contributed by atoms with Gasteiger partial charge in [0.2, 0.25) is 0 Å². The minimum Gasteiger partial charge on any atom is -0.337 e. The molecule has 178 valence electrons. The van der Waals surface area contributed by atoms with Crippen LogP contribution < -0.4 is 16.0 Å². The summed E-state index contributed by atoms with van der Waals surface area (Å²) in [7, 11) is 1.77. The van der Waals surface area contributed by atoms with E-state index in [1.54, 1.807) is 25.2 Å². The number of aliphatic imine (C=N–C) groups is 1. The third-order valence-corrected chi connectivity index (χ3v) is 5.87. The summed E-state index contributed by atoms with van der Waals surface area (Å²) in [5, 5.41) is 10.1. The molecule has 0 aromatic heterocycles. The molecule has 0 radical (unpaired) electrons. The van der Waals surface area contributed by atoms with Gasteiger partial charge < -0.3 is 16.0 Å². The molecule has 3 aromatic carbocycles. The number of anilines is 1. The molecule has 3 rings (SSSR count). The molecular weight excluding hydrogens is 467 g/mol. The van der Waals surface area contributed by atoms with Crippen LogP contribution in [0.25, 0.3) is 11.1 Å². The molecule has 0 aliphatic carbocycles. The van der Waals surface area contributed by atoms with Gasteiger partial charge in [0, 0.05) is 41.5 Å². The number of hydrogen-bond acceptors (Lipinski definition) is 3. The average molecular weight is 497 g/mol. The van der Waals surface area contributed by atoms with Gasteiger partial charge in [-0.05, 0) is 66.0 Å². The molecule has 0 bridgehead atoms. The minimum atomic E-state index is -0.294. The number of carbonyl (C=O) groups is 1. The van der Waals surface area contributed by atoms with Gasteiger partial charge in [0.1, 0.15) is 0 Å². The van der Waals surface area contributed by atoms with Crippen LogP contribution in [0.2, 0.25) is 10.0 Å². The lowest BCUT2D eigenvalue weighted by molar-refractivity contribution is 0.251. The summed E-state index contributed by atoms with van der Waals surface area (Å²) in [6.07, 6.45) is 2.75. The molecule has 5 nitrogen and oxygen atoms in total. The Kier molecular flexibility index (Phi) is 9.95. The second-order valence-electron chi connectivity index (χ2n) is 7.97. The second-order valence-corrected chi connectivity index (χ2v) is 8.84. The summed E-state index contributed by atoms with van der Waals surface area (Å²) in [6, 6.07) is 21.5. The zero-order valence-electron chi connectivity index (χ0n) is 19.4. The lowest BCUT2D eigenvalue weighted by atomic mass is 9.93. The highest BCUT2D eigenvalue weighted by Gasteiger charge is 2.14. The van der Waals surface area contributed by atoms with Crippen molar-refractivity contribution >= 4 is 41.1 Å². The maximum absolute atomic E-state index is 12.5. The molecule has 0 fully saturated rings. The molecule has 0 saturated carbocycles. The van der Waals surface area contributed by atoms with Crippen molar-refractivity contribution in [1.82, 2.24) is 10.6 Å². The number of halogens is 2. The van der Waals surface area contributed by atoms with Crippen molar-refractivity contribution in [3.63, 3.8) is 0 Å². The van der Waals surface area contributed by atoms with E-state index in [4.69, 9.17) is 23.2 Å². The first kappa shape index (κ1) is 25.8. The monoisotopic (exact) mass is 496 g/mol. The van der Waals surface area contributed by atoms with Crippen molar-refractivity contribution < 1.29 is 4.79 Å². The molecule has 1 atom stereocenters. The van der Waals surface area contributed by atoms with Gasteiger partial charge >= 0.3 is 6.03 Å². The van der Waals surface area contributed by atoms with Gasteiger partial charge in [0.05, 0.1) is 0 Å². The Morgan fingerprint density at radius 3 is 2.41 bits per heavy atom. The molecule has 3 N–H and O–H groups in total. The van der Waals surface area contributed by atoms with Gasteiger partial charge in [0.15, 0.2) is 0 Å². The maximum atomic E-state index is 12.5. The van der Waals surface area contributed by atoms with Crippen molar-refractivity contribution in [2.45, 2.75) is 19.3 Å². The molecule has 0 saturated heterocycles. The van der Waals surface area contributed by atoms with Gasteiger partial charge in [-0.3, -0.25) is 4.99 Å². The van der Waals surface area contributed by atoms with Crippen molar-refractivity contribution in [1.29, 1.82) is 0 Å². The largest absolute Gasteiger partial charge is 0.337 e. The summed E-state index contributed by atoms with van der Waals surface area (Å²) < 4.78 is 0. The summed E-state index contributed by atoms with van der Waals surface area (Å²) in [6.45, 7) is 4.37. The lowest BCUT2D eigenvalue weighted by Gasteiger charge is -2.19. The smallest absolute Gasteiger partial charge is 0.319 e. The fourth-order valence-corrected chi connectivity index (χ4v) is 4.28. The number of carbonyl (C=O) groups excluding carboxylic acids is 1. The number of nitrogens with zero attached hydrogens (tertiary/aromatic N) is 1. The van der Waals surface area contributed by atoms with E-state index in [1.807, 2.05) is 18.3 Å². The van der Waals surface area contributed by atoms with Crippen molar-refractivity contribution in [3.05, 3.63) is 87.9 Å². The zero-order chi connectivity index (χ0) is 24.3. The SMILES string of the molecule is CCNCCC(CNC(=O)Nc1cc(Cl)cc(Cl)c1)c1ccc(-c2cccc(C=NC)c2)cc1.